The highest BCUT2D eigenvalue weighted by Crippen LogP contribution is 2.27. The largest absolute Gasteiger partial charge is 0.338 e. The van der Waals surface area contributed by atoms with Gasteiger partial charge >= 0.3 is 0 Å². The van der Waals surface area contributed by atoms with Crippen LogP contribution in [-0.4, -0.2) is 64.1 Å². The standard InChI is InChI=1S/C24H33F2N5O3/c1-5-23(32)31-11-7-9-29(16(2)3)8-6-10-30(24(33)14-21-17(4)27-34-28-21)15-18-12-19(25)20(26)13-22(18)31/h12-13,16H,5-11,14-15H2,1-4H3. The molecule has 8 nitrogen and oxygen atoms in total. The Morgan fingerprint density at radius 3 is 2.32 bits per heavy atom. The van der Waals surface area contributed by atoms with E-state index < -0.39 is 11.6 Å². The summed E-state index contributed by atoms with van der Waals surface area (Å²) in [6, 6.07) is 2.46. The number of carbonyl (C=O) groups excluding carboxylic acids is 2. The third-order valence-corrected chi connectivity index (χ3v) is 6.23. The lowest BCUT2D eigenvalue weighted by atomic mass is 10.1. The number of anilines is 1. The summed E-state index contributed by atoms with van der Waals surface area (Å²) >= 11 is 0. The molecule has 3 rings (SSSR count). The predicted octanol–water partition coefficient (Wildman–Crippen LogP) is 3.47. The first kappa shape index (κ1) is 25.7. The highest BCUT2D eigenvalue weighted by atomic mass is 19.2. The average molecular weight is 478 g/mol. The number of amides is 2. The molecule has 0 N–H and O–H groups in total. The molecule has 0 unspecified atom stereocenters. The Balaban J connectivity index is 2.00. The van der Waals surface area contributed by atoms with Crippen LogP contribution in [0.1, 0.15) is 57.0 Å². The summed E-state index contributed by atoms with van der Waals surface area (Å²) in [6.07, 6.45) is 1.63. The zero-order chi connectivity index (χ0) is 24.8. The third-order valence-electron chi connectivity index (χ3n) is 6.23. The zero-order valence-corrected chi connectivity index (χ0v) is 20.3. The SMILES string of the molecule is CCC(=O)N1CCCN(C(C)C)CCCN(C(=O)Cc2nonc2C)Cc2cc(F)c(F)cc21. The van der Waals surface area contributed by atoms with E-state index in [2.05, 4.69) is 29.1 Å². The normalized spacial score (nSPS) is 16.2. The van der Waals surface area contributed by atoms with Crippen molar-refractivity contribution in [1.29, 1.82) is 0 Å². The van der Waals surface area contributed by atoms with Gasteiger partial charge in [0, 0.05) is 51.3 Å². The van der Waals surface area contributed by atoms with Gasteiger partial charge < -0.3 is 14.7 Å². The van der Waals surface area contributed by atoms with Gasteiger partial charge in [-0.05, 0) is 45.2 Å². The number of fused-ring (bicyclic) bond motifs is 1. The van der Waals surface area contributed by atoms with E-state index in [4.69, 9.17) is 4.63 Å². The molecule has 0 bridgehead atoms. The second-order valence-corrected chi connectivity index (χ2v) is 8.92. The van der Waals surface area contributed by atoms with Crippen LogP contribution >= 0.6 is 0 Å². The number of benzene rings is 1. The highest BCUT2D eigenvalue weighted by molar-refractivity contribution is 5.94. The molecule has 0 saturated carbocycles. The molecule has 2 aromatic rings. The first-order valence-corrected chi connectivity index (χ1v) is 11.8. The van der Waals surface area contributed by atoms with Gasteiger partial charge in [0.05, 0.1) is 12.1 Å². The Kier molecular flexibility index (Phi) is 8.71. The lowest BCUT2D eigenvalue weighted by Gasteiger charge is -2.33. The lowest BCUT2D eigenvalue weighted by Crippen LogP contribution is -2.41. The maximum absolute atomic E-state index is 14.3. The second-order valence-electron chi connectivity index (χ2n) is 8.92. The number of aryl methyl sites for hydroxylation is 1. The van der Waals surface area contributed by atoms with E-state index in [1.807, 2.05) is 0 Å². The van der Waals surface area contributed by atoms with E-state index >= 15 is 0 Å². The molecular weight excluding hydrogens is 444 g/mol. The molecule has 1 aliphatic rings. The zero-order valence-electron chi connectivity index (χ0n) is 20.3. The molecule has 2 heterocycles. The van der Waals surface area contributed by atoms with Crippen molar-refractivity contribution in [3.05, 3.63) is 40.7 Å². The van der Waals surface area contributed by atoms with E-state index in [0.29, 0.717) is 48.2 Å². The number of aromatic nitrogens is 2. The van der Waals surface area contributed by atoms with Gasteiger partial charge in [-0.3, -0.25) is 9.59 Å². The summed E-state index contributed by atoms with van der Waals surface area (Å²) in [6.45, 7) is 10.0. The van der Waals surface area contributed by atoms with E-state index in [1.54, 1.807) is 18.7 Å². The van der Waals surface area contributed by atoms with Gasteiger partial charge in [-0.2, -0.15) is 0 Å². The van der Waals surface area contributed by atoms with E-state index in [9.17, 15) is 18.4 Å². The summed E-state index contributed by atoms with van der Waals surface area (Å²) in [4.78, 5) is 31.5. The fourth-order valence-electron chi connectivity index (χ4n) is 4.21. The molecule has 0 radical (unpaired) electrons. The van der Waals surface area contributed by atoms with Crippen LogP contribution in [0.5, 0.6) is 0 Å². The summed E-state index contributed by atoms with van der Waals surface area (Å²) in [5.74, 6) is -2.44. The van der Waals surface area contributed by atoms with Gasteiger partial charge in [-0.1, -0.05) is 17.2 Å². The van der Waals surface area contributed by atoms with Crippen molar-refractivity contribution in [3.8, 4) is 0 Å². The molecule has 10 heteroatoms. The third kappa shape index (κ3) is 6.16. The Morgan fingerprint density at radius 1 is 1.03 bits per heavy atom. The van der Waals surface area contributed by atoms with Crippen LogP contribution in [0.25, 0.3) is 0 Å². The molecule has 0 aliphatic carbocycles. The minimum atomic E-state index is -1.02. The van der Waals surface area contributed by atoms with Gasteiger partial charge in [0.25, 0.3) is 0 Å². The van der Waals surface area contributed by atoms with E-state index in [0.717, 1.165) is 31.6 Å². The topological polar surface area (TPSA) is 82.8 Å². The smallest absolute Gasteiger partial charge is 0.229 e. The molecular formula is C24H33F2N5O3. The fourth-order valence-corrected chi connectivity index (χ4v) is 4.21. The van der Waals surface area contributed by atoms with Crippen molar-refractivity contribution < 1.29 is 23.0 Å². The van der Waals surface area contributed by atoms with Gasteiger partial charge in [-0.15, -0.1) is 0 Å². The number of hydrogen-bond donors (Lipinski definition) is 0. The van der Waals surface area contributed by atoms with Crippen molar-refractivity contribution in [2.75, 3.05) is 31.1 Å². The fraction of sp³-hybridized carbons (Fsp3) is 0.583. The first-order chi connectivity index (χ1) is 16.2. The predicted molar refractivity (Wildman–Crippen MR) is 123 cm³/mol. The molecule has 1 aliphatic heterocycles. The molecule has 0 atom stereocenters. The Labute approximate surface area is 198 Å². The molecule has 2 amide bonds. The van der Waals surface area contributed by atoms with Crippen LogP contribution in [0.2, 0.25) is 0 Å². The molecule has 0 saturated heterocycles. The maximum Gasteiger partial charge on any atom is 0.229 e. The van der Waals surface area contributed by atoms with E-state index in [1.165, 1.54) is 4.90 Å². The second kappa shape index (κ2) is 11.5. The number of hydrogen-bond acceptors (Lipinski definition) is 6. The Morgan fingerprint density at radius 2 is 1.71 bits per heavy atom. The Hall–Kier alpha value is -2.88. The van der Waals surface area contributed by atoms with Crippen molar-refractivity contribution in [2.24, 2.45) is 0 Å². The minimum Gasteiger partial charge on any atom is -0.338 e. The number of carbonyl (C=O) groups is 2. The lowest BCUT2D eigenvalue weighted by molar-refractivity contribution is -0.131. The van der Waals surface area contributed by atoms with Crippen molar-refractivity contribution in [3.63, 3.8) is 0 Å². The van der Waals surface area contributed by atoms with Crippen LogP contribution < -0.4 is 4.90 Å². The molecule has 1 aromatic heterocycles. The first-order valence-electron chi connectivity index (χ1n) is 11.8. The molecule has 1 aromatic carbocycles. The molecule has 186 valence electrons. The number of rotatable bonds is 4. The highest BCUT2D eigenvalue weighted by Gasteiger charge is 2.25. The van der Waals surface area contributed by atoms with Crippen LogP contribution in [0, 0.1) is 18.6 Å². The number of nitrogens with zero attached hydrogens (tertiary/aromatic N) is 5. The average Bonchev–Trinajstić information content (AvgIpc) is 3.19. The van der Waals surface area contributed by atoms with Crippen LogP contribution in [0.3, 0.4) is 0 Å². The summed E-state index contributed by atoms with van der Waals surface area (Å²) in [5.41, 5.74) is 1.67. The summed E-state index contributed by atoms with van der Waals surface area (Å²) < 4.78 is 33.3. The van der Waals surface area contributed by atoms with Gasteiger partial charge in [0.15, 0.2) is 11.6 Å². The summed E-state index contributed by atoms with van der Waals surface area (Å²) in [5, 5.41) is 7.53. The monoisotopic (exact) mass is 477 g/mol. The maximum atomic E-state index is 14.3. The van der Waals surface area contributed by atoms with Gasteiger partial charge in [0.2, 0.25) is 11.8 Å². The Bertz CT molecular complexity index is 1010. The summed E-state index contributed by atoms with van der Waals surface area (Å²) in [7, 11) is 0. The van der Waals surface area contributed by atoms with Crippen LogP contribution in [0.15, 0.2) is 16.8 Å². The van der Waals surface area contributed by atoms with Crippen molar-refractivity contribution in [1.82, 2.24) is 20.1 Å². The van der Waals surface area contributed by atoms with Crippen LogP contribution in [-0.2, 0) is 22.6 Å². The van der Waals surface area contributed by atoms with Crippen molar-refractivity contribution in [2.45, 2.75) is 66.0 Å². The molecule has 0 spiro atoms. The van der Waals surface area contributed by atoms with Gasteiger partial charge in [0.1, 0.15) is 11.4 Å². The minimum absolute atomic E-state index is 0.0140. The quantitative estimate of drug-likeness (QED) is 0.671. The number of halogens is 2. The van der Waals surface area contributed by atoms with E-state index in [-0.39, 0.29) is 31.2 Å². The van der Waals surface area contributed by atoms with Crippen molar-refractivity contribution >= 4 is 17.5 Å². The molecule has 0 fully saturated rings. The van der Waals surface area contributed by atoms with Gasteiger partial charge in [-0.25, -0.2) is 13.4 Å². The molecule has 34 heavy (non-hydrogen) atoms. The van der Waals surface area contributed by atoms with Crippen LogP contribution in [0.4, 0.5) is 14.5 Å².